The summed E-state index contributed by atoms with van der Waals surface area (Å²) in [7, 11) is 1.81. The first-order valence-electron chi connectivity index (χ1n) is 10.2. The molecular formula is C23H34IN5O. The number of aryl methyl sites for hydroxylation is 1. The van der Waals surface area contributed by atoms with Gasteiger partial charge in [-0.25, -0.2) is 4.99 Å². The van der Waals surface area contributed by atoms with Crippen molar-refractivity contribution in [3.05, 3.63) is 65.5 Å². The molecule has 2 N–H and O–H groups in total. The Balaban J connectivity index is 0.00000450. The molecular weight excluding hydrogens is 489 g/mol. The van der Waals surface area contributed by atoms with E-state index in [-0.39, 0.29) is 36.4 Å². The Labute approximate surface area is 197 Å². The third-order valence-corrected chi connectivity index (χ3v) is 4.79. The molecule has 0 spiro atoms. The van der Waals surface area contributed by atoms with Crippen LogP contribution in [-0.2, 0) is 11.2 Å². The molecule has 0 saturated carbocycles. The minimum Gasteiger partial charge on any atom is -0.357 e. The van der Waals surface area contributed by atoms with Crippen molar-refractivity contribution in [1.82, 2.24) is 20.5 Å². The lowest BCUT2D eigenvalue weighted by Crippen LogP contribution is -2.40. The van der Waals surface area contributed by atoms with Gasteiger partial charge in [-0.3, -0.25) is 9.78 Å². The SMILES string of the molecule is CCNC(=NCC(=O)N(C)CCc1ccccn1)NCC(C)c1ccc(C)cc1.I. The zero-order chi connectivity index (χ0) is 21.1. The fourth-order valence-electron chi connectivity index (χ4n) is 2.82. The molecule has 0 bridgehead atoms. The summed E-state index contributed by atoms with van der Waals surface area (Å²) < 4.78 is 0. The monoisotopic (exact) mass is 523 g/mol. The Morgan fingerprint density at radius 3 is 2.53 bits per heavy atom. The van der Waals surface area contributed by atoms with Gasteiger partial charge >= 0.3 is 0 Å². The van der Waals surface area contributed by atoms with Gasteiger partial charge in [-0.2, -0.15) is 0 Å². The van der Waals surface area contributed by atoms with Gasteiger partial charge in [-0.05, 0) is 37.5 Å². The largest absolute Gasteiger partial charge is 0.357 e. The van der Waals surface area contributed by atoms with Crippen molar-refractivity contribution in [3.63, 3.8) is 0 Å². The van der Waals surface area contributed by atoms with Crippen LogP contribution in [0.3, 0.4) is 0 Å². The molecule has 1 atom stereocenters. The molecule has 164 valence electrons. The number of carbonyl (C=O) groups is 1. The second kappa shape index (κ2) is 14.0. The van der Waals surface area contributed by atoms with Crippen molar-refractivity contribution in [2.24, 2.45) is 4.99 Å². The maximum atomic E-state index is 12.4. The minimum atomic E-state index is -0.00952. The third-order valence-electron chi connectivity index (χ3n) is 4.79. The summed E-state index contributed by atoms with van der Waals surface area (Å²) in [5, 5.41) is 6.55. The van der Waals surface area contributed by atoms with E-state index in [1.165, 1.54) is 11.1 Å². The van der Waals surface area contributed by atoms with E-state index >= 15 is 0 Å². The van der Waals surface area contributed by atoms with E-state index in [9.17, 15) is 4.79 Å². The summed E-state index contributed by atoms with van der Waals surface area (Å²) in [6, 6.07) is 14.4. The second-order valence-electron chi connectivity index (χ2n) is 7.27. The number of halogens is 1. The summed E-state index contributed by atoms with van der Waals surface area (Å²) in [6.45, 7) is 8.52. The molecule has 0 aliphatic heterocycles. The maximum Gasteiger partial charge on any atom is 0.244 e. The molecule has 0 fully saturated rings. The number of amides is 1. The zero-order valence-electron chi connectivity index (χ0n) is 18.4. The quantitative estimate of drug-likeness (QED) is 0.301. The summed E-state index contributed by atoms with van der Waals surface area (Å²) in [5.74, 6) is 0.999. The average molecular weight is 523 g/mol. The summed E-state index contributed by atoms with van der Waals surface area (Å²) in [5.41, 5.74) is 3.52. The predicted octanol–water partition coefficient (Wildman–Crippen LogP) is 3.37. The molecule has 1 aromatic carbocycles. The van der Waals surface area contributed by atoms with Crippen molar-refractivity contribution < 1.29 is 4.79 Å². The third kappa shape index (κ3) is 9.11. The number of aromatic nitrogens is 1. The highest BCUT2D eigenvalue weighted by Gasteiger charge is 2.10. The number of hydrogen-bond donors (Lipinski definition) is 2. The van der Waals surface area contributed by atoms with Gasteiger partial charge in [0.2, 0.25) is 5.91 Å². The van der Waals surface area contributed by atoms with E-state index in [0.29, 0.717) is 18.4 Å². The highest BCUT2D eigenvalue weighted by molar-refractivity contribution is 14.0. The molecule has 7 heteroatoms. The molecule has 6 nitrogen and oxygen atoms in total. The molecule has 1 heterocycles. The van der Waals surface area contributed by atoms with Crippen molar-refractivity contribution in [3.8, 4) is 0 Å². The van der Waals surface area contributed by atoms with Gasteiger partial charge in [-0.1, -0.05) is 42.8 Å². The average Bonchev–Trinajstić information content (AvgIpc) is 2.74. The fraction of sp³-hybridized carbons (Fsp3) is 0.435. The van der Waals surface area contributed by atoms with Crippen LogP contribution in [0.5, 0.6) is 0 Å². The molecule has 1 amide bonds. The lowest BCUT2D eigenvalue weighted by atomic mass is 10.0. The first-order valence-corrected chi connectivity index (χ1v) is 10.2. The molecule has 30 heavy (non-hydrogen) atoms. The number of rotatable bonds is 9. The van der Waals surface area contributed by atoms with E-state index in [2.05, 4.69) is 58.7 Å². The van der Waals surface area contributed by atoms with E-state index in [0.717, 1.165) is 25.2 Å². The number of nitrogens with zero attached hydrogens (tertiary/aromatic N) is 3. The Morgan fingerprint density at radius 2 is 1.90 bits per heavy atom. The molecule has 2 rings (SSSR count). The van der Waals surface area contributed by atoms with Crippen LogP contribution in [0.1, 0.15) is 36.6 Å². The lowest BCUT2D eigenvalue weighted by molar-refractivity contribution is -0.128. The van der Waals surface area contributed by atoms with Crippen LogP contribution in [0.2, 0.25) is 0 Å². The first-order chi connectivity index (χ1) is 14.0. The van der Waals surface area contributed by atoms with Gasteiger partial charge in [0.05, 0.1) is 0 Å². The topological polar surface area (TPSA) is 69.6 Å². The van der Waals surface area contributed by atoms with E-state index in [4.69, 9.17) is 0 Å². The predicted molar refractivity (Wildman–Crippen MR) is 135 cm³/mol. The van der Waals surface area contributed by atoms with Crippen molar-refractivity contribution in [2.75, 3.05) is 33.2 Å². The number of pyridine rings is 1. The number of nitrogens with one attached hydrogen (secondary N) is 2. The molecule has 0 saturated heterocycles. The van der Waals surface area contributed by atoms with Crippen LogP contribution in [0.25, 0.3) is 0 Å². The smallest absolute Gasteiger partial charge is 0.244 e. The summed E-state index contributed by atoms with van der Waals surface area (Å²) in [6.07, 6.45) is 2.51. The number of carbonyl (C=O) groups excluding carboxylic acids is 1. The molecule has 0 aliphatic carbocycles. The standard InChI is InChI=1S/C23H33N5O.HI/c1-5-24-23(26-16-19(3)20-11-9-18(2)10-12-20)27-17-22(29)28(4)15-13-21-8-6-7-14-25-21;/h6-12,14,19H,5,13,15-17H2,1-4H3,(H2,24,26,27);1H. The summed E-state index contributed by atoms with van der Waals surface area (Å²) in [4.78, 5) is 22.9. The highest BCUT2D eigenvalue weighted by atomic mass is 127. The van der Waals surface area contributed by atoms with Gasteiger partial charge in [-0.15, -0.1) is 24.0 Å². The van der Waals surface area contributed by atoms with Crippen LogP contribution in [-0.4, -0.2) is 55.0 Å². The molecule has 0 aliphatic rings. The first kappa shape index (κ1) is 25.9. The molecule has 0 radical (unpaired) electrons. The lowest BCUT2D eigenvalue weighted by Gasteiger charge is -2.18. The van der Waals surface area contributed by atoms with Crippen LogP contribution in [0.15, 0.2) is 53.7 Å². The van der Waals surface area contributed by atoms with Crippen LogP contribution in [0.4, 0.5) is 0 Å². The Hall–Kier alpha value is -2.16. The number of likely N-dealkylation sites (N-methyl/N-ethyl adjacent to an activating group) is 1. The number of guanidine groups is 1. The van der Waals surface area contributed by atoms with Crippen molar-refractivity contribution in [2.45, 2.75) is 33.1 Å². The van der Waals surface area contributed by atoms with E-state index in [1.807, 2.05) is 25.1 Å². The van der Waals surface area contributed by atoms with Gasteiger partial charge in [0.15, 0.2) is 5.96 Å². The van der Waals surface area contributed by atoms with E-state index < -0.39 is 0 Å². The maximum absolute atomic E-state index is 12.4. The molecule has 1 aromatic heterocycles. The minimum absolute atomic E-state index is 0. The van der Waals surface area contributed by atoms with Gasteiger partial charge < -0.3 is 15.5 Å². The van der Waals surface area contributed by atoms with Crippen LogP contribution in [0, 0.1) is 6.92 Å². The number of hydrogen-bond acceptors (Lipinski definition) is 3. The zero-order valence-corrected chi connectivity index (χ0v) is 20.7. The Kier molecular flexibility index (Phi) is 12.0. The molecule has 2 aromatic rings. The second-order valence-corrected chi connectivity index (χ2v) is 7.27. The normalized spacial score (nSPS) is 11.9. The van der Waals surface area contributed by atoms with Crippen LogP contribution < -0.4 is 10.6 Å². The Bertz CT molecular complexity index is 780. The number of aliphatic imine (C=N–C) groups is 1. The van der Waals surface area contributed by atoms with Gasteiger partial charge in [0, 0.05) is 45.0 Å². The fourth-order valence-corrected chi connectivity index (χ4v) is 2.82. The van der Waals surface area contributed by atoms with E-state index in [1.54, 1.807) is 18.1 Å². The van der Waals surface area contributed by atoms with Crippen LogP contribution >= 0.6 is 24.0 Å². The van der Waals surface area contributed by atoms with Crippen molar-refractivity contribution >= 4 is 35.8 Å². The highest BCUT2D eigenvalue weighted by Crippen LogP contribution is 2.14. The molecule has 1 unspecified atom stereocenters. The Morgan fingerprint density at radius 1 is 1.17 bits per heavy atom. The number of benzene rings is 1. The van der Waals surface area contributed by atoms with Gasteiger partial charge in [0.25, 0.3) is 0 Å². The summed E-state index contributed by atoms with van der Waals surface area (Å²) >= 11 is 0. The van der Waals surface area contributed by atoms with Crippen molar-refractivity contribution in [1.29, 1.82) is 0 Å². The van der Waals surface area contributed by atoms with Gasteiger partial charge in [0.1, 0.15) is 6.54 Å².